The van der Waals surface area contributed by atoms with Crippen molar-refractivity contribution in [1.29, 1.82) is 0 Å². The largest absolute Gasteiger partial charge is 0.288 e. The third kappa shape index (κ3) is 4.20. The number of benzene rings is 3. The number of allylic oxidation sites excluding steroid dienone is 1. The second-order valence-corrected chi connectivity index (χ2v) is 7.14. The first-order valence-corrected chi connectivity index (χ1v) is 9.15. The summed E-state index contributed by atoms with van der Waals surface area (Å²) in [4.78, 5) is 13.9. The van der Waals surface area contributed by atoms with Crippen LogP contribution in [0.2, 0.25) is 0 Å². The molecule has 0 fully saturated rings. The maximum absolute atomic E-state index is 13.1. The Morgan fingerprint density at radius 3 is 1.96 bits per heavy atom. The van der Waals surface area contributed by atoms with Crippen LogP contribution in [-0.4, -0.2) is 9.99 Å². The summed E-state index contributed by atoms with van der Waals surface area (Å²) in [6.45, 7) is 1.97. The zero-order chi connectivity index (χ0) is 17.6. The number of carbonyl (C=O) groups excluding carboxylic acids is 1. The molecule has 3 rings (SSSR count). The van der Waals surface area contributed by atoms with Gasteiger partial charge in [-0.05, 0) is 30.7 Å². The lowest BCUT2D eigenvalue weighted by atomic mass is 10.1. The summed E-state index contributed by atoms with van der Waals surface area (Å²) in [5.74, 6) is -0.219. The third-order valence-electron chi connectivity index (χ3n) is 3.79. The van der Waals surface area contributed by atoms with Gasteiger partial charge in [0.1, 0.15) is 0 Å². The number of hydrogen-bond donors (Lipinski definition) is 0. The summed E-state index contributed by atoms with van der Waals surface area (Å²) in [6, 6.07) is 25.9. The Morgan fingerprint density at radius 2 is 1.36 bits per heavy atom. The van der Waals surface area contributed by atoms with Gasteiger partial charge in [-0.15, -0.1) is 0 Å². The van der Waals surface area contributed by atoms with Crippen molar-refractivity contribution in [3.05, 3.63) is 107 Å². The predicted octanol–water partition coefficient (Wildman–Crippen LogP) is 5.03. The van der Waals surface area contributed by atoms with E-state index in [1.807, 2.05) is 79.7 Å². The van der Waals surface area contributed by atoms with Gasteiger partial charge in [-0.2, -0.15) is 0 Å². The quantitative estimate of drug-likeness (QED) is 0.480. The molecule has 0 radical (unpaired) electrons. The van der Waals surface area contributed by atoms with E-state index in [2.05, 4.69) is 0 Å². The lowest BCUT2D eigenvalue weighted by Crippen LogP contribution is -2.09. The smallest absolute Gasteiger partial charge is 0.202 e. The van der Waals surface area contributed by atoms with E-state index < -0.39 is 10.8 Å². The van der Waals surface area contributed by atoms with E-state index in [0.29, 0.717) is 10.5 Å². The highest BCUT2D eigenvalue weighted by atomic mass is 32.2. The van der Waals surface area contributed by atoms with E-state index in [1.165, 1.54) is 0 Å². The fourth-order valence-corrected chi connectivity index (χ4v) is 3.59. The molecular weight excluding hydrogens is 328 g/mol. The molecule has 1 unspecified atom stereocenters. The van der Waals surface area contributed by atoms with Crippen molar-refractivity contribution >= 4 is 22.7 Å². The van der Waals surface area contributed by atoms with Crippen LogP contribution in [0.5, 0.6) is 0 Å². The van der Waals surface area contributed by atoms with Crippen LogP contribution in [0.3, 0.4) is 0 Å². The van der Waals surface area contributed by atoms with Crippen LogP contribution in [0.1, 0.15) is 21.5 Å². The molecule has 0 aliphatic carbocycles. The molecule has 2 nitrogen and oxygen atoms in total. The van der Waals surface area contributed by atoms with E-state index >= 15 is 0 Å². The number of ketones is 1. The van der Waals surface area contributed by atoms with Crippen LogP contribution >= 0.6 is 0 Å². The van der Waals surface area contributed by atoms with Crippen LogP contribution in [0.15, 0.2) is 94.7 Å². The fourth-order valence-electron chi connectivity index (χ4n) is 2.42. The number of hydrogen-bond acceptors (Lipinski definition) is 2. The van der Waals surface area contributed by atoms with Crippen LogP contribution in [0, 0.1) is 6.92 Å². The van der Waals surface area contributed by atoms with Gasteiger partial charge in [0.2, 0.25) is 5.78 Å². The SMILES string of the molecule is Cc1ccc(S(=O)/C(=C/c2ccccc2)C(=O)c2ccccc2)cc1. The lowest BCUT2D eigenvalue weighted by molar-refractivity contribution is 0.104. The molecule has 25 heavy (non-hydrogen) atoms. The van der Waals surface area contributed by atoms with Gasteiger partial charge in [0, 0.05) is 10.5 Å². The summed E-state index contributed by atoms with van der Waals surface area (Å²) < 4.78 is 13.1. The average Bonchev–Trinajstić information content (AvgIpc) is 2.67. The molecule has 0 bridgehead atoms. The van der Waals surface area contributed by atoms with Crippen molar-refractivity contribution in [3.63, 3.8) is 0 Å². The maximum atomic E-state index is 13.1. The minimum Gasteiger partial charge on any atom is -0.288 e. The van der Waals surface area contributed by atoms with E-state index in [4.69, 9.17) is 0 Å². The van der Waals surface area contributed by atoms with Crippen molar-refractivity contribution in [1.82, 2.24) is 0 Å². The first kappa shape index (κ1) is 17.1. The van der Waals surface area contributed by atoms with Crippen molar-refractivity contribution in [2.45, 2.75) is 11.8 Å². The van der Waals surface area contributed by atoms with Crippen molar-refractivity contribution in [2.24, 2.45) is 0 Å². The van der Waals surface area contributed by atoms with Crippen LogP contribution in [0.25, 0.3) is 6.08 Å². The molecule has 0 saturated carbocycles. The molecule has 0 aliphatic rings. The van der Waals surface area contributed by atoms with Gasteiger partial charge < -0.3 is 0 Å². The van der Waals surface area contributed by atoms with Gasteiger partial charge in [0.25, 0.3) is 0 Å². The average molecular weight is 346 g/mol. The molecule has 0 saturated heterocycles. The summed E-state index contributed by atoms with van der Waals surface area (Å²) >= 11 is 0. The Morgan fingerprint density at radius 1 is 0.800 bits per heavy atom. The van der Waals surface area contributed by atoms with Crippen molar-refractivity contribution in [2.75, 3.05) is 0 Å². The third-order valence-corrected chi connectivity index (χ3v) is 5.19. The standard InChI is InChI=1S/C22H18O2S/c1-17-12-14-20(15-13-17)25(24)21(16-18-8-4-2-5-9-18)22(23)19-10-6-3-7-11-19/h2-16H,1H3/b21-16+. The number of carbonyl (C=O) groups is 1. The number of rotatable bonds is 5. The molecule has 0 amide bonds. The van der Waals surface area contributed by atoms with Gasteiger partial charge >= 0.3 is 0 Å². The molecular formula is C22H18O2S. The Labute approximate surface area is 150 Å². The first-order valence-electron chi connectivity index (χ1n) is 8.00. The monoisotopic (exact) mass is 346 g/mol. The van der Waals surface area contributed by atoms with Gasteiger partial charge in [-0.1, -0.05) is 78.4 Å². The summed E-state index contributed by atoms with van der Waals surface area (Å²) in [5, 5.41) is 0. The maximum Gasteiger partial charge on any atom is 0.202 e. The topological polar surface area (TPSA) is 34.1 Å². The zero-order valence-corrected chi connectivity index (χ0v) is 14.7. The van der Waals surface area contributed by atoms with Crippen LogP contribution in [0.4, 0.5) is 0 Å². The molecule has 0 aromatic heterocycles. The summed E-state index contributed by atoms with van der Waals surface area (Å²) in [6.07, 6.45) is 1.71. The summed E-state index contributed by atoms with van der Waals surface area (Å²) in [5.41, 5.74) is 2.47. The second-order valence-electron chi connectivity index (χ2n) is 5.70. The van der Waals surface area contributed by atoms with Gasteiger partial charge in [-0.3, -0.25) is 4.79 Å². The molecule has 0 N–H and O–H groups in total. The van der Waals surface area contributed by atoms with Gasteiger partial charge in [-0.25, -0.2) is 4.21 Å². The molecule has 3 aromatic carbocycles. The van der Waals surface area contributed by atoms with Crippen LogP contribution < -0.4 is 0 Å². The Bertz CT molecular complexity index is 911. The lowest BCUT2D eigenvalue weighted by Gasteiger charge is -2.08. The molecule has 3 aromatic rings. The highest BCUT2D eigenvalue weighted by Crippen LogP contribution is 2.22. The Balaban J connectivity index is 2.06. The highest BCUT2D eigenvalue weighted by molar-refractivity contribution is 7.90. The van der Waals surface area contributed by atoms with E-state index in [9.17, 15) is 9.00 Å². The van der Waals surface area contributed by atoms with Gasteiger partial charge in [0.15, 0.2) is 0 Å². The van der Waals surface area contributed by atoms with E-state index in [0.717, 1.165) is 11.1 Å². The normalized spacial score (nSPS) is 12.6. The minimum atomic E-state index is -1.55. The van der Waals surface area contributed by atoms with Crippen molar-refractivity contribution < 1.29 is 9.00 Å². The molecule has 0 heterocycles. The van der Waals surface area contributed by atoms with Crippen LogP contribution in [-0.2, 0) is 10.8 Å². The second kappa shape index (κ2) is 7.86. The number of aryl methyl sites for hydroxylation is 1. The highest BCUT2D eigenvalue weighted by Gasteiger charge is 2.20. The number of Topliss-reactive ketones (excluding diaryl/α,β-unsaturated/α-hetero) is 1. The Hall–Kier alpha value is -2.78. The Kier molecular flexibility index (Phi) is 5.36. The van der Waals surface area contributed by atoms with Gasteiger partial charge in [0.05, 0.1) is 15.7 Å². The first-order chi connectivity index (χ1) is 12.1. The van der Waals surface area contributed by atoms with E-state index in [1.54, 1.807) is 18.2 Å². The molecule has 3 heteroatoms. The van der Waals surface area contributed by atoms with Crippen molar-refractivity contribution in [3.8, 4) is 0 Å². The molecule has 1 atom stereocenters. The van der Waals surface area contributed by atoms with E-state index in [-0.39, 0.29) is 10.7 Å². The molecule has 124 valence electrons. The zero-order valence-electron chi connectivity index (χ0n) is 13.9. The summed E-state index contributed by atoms with van der Waals surface area (Å²) in [7, 11) is -1.55. The fraction of sp³-hybridized carbons (Fsp3) is 0.0455. The minimum absolute atomic E-state index is 0.219. The predicted molar refractivity (Wildman–Crippen MR) is 103 cm³/mol. The molecule has 0 aliphatic heterocycles. The molecule has 0 spiro atoms.